The molecule has 2 heteroatoms. The van der Waals surface area contributed by atoms with Crippen LogP contribution in [0, 0.1) is 5.92 Å². The van der Waals surface area contributed by atoms with Gasteiger partial charge in [-0.25, -0.2) is 0 Å². The minimum atomic E-state index is 0.308. The predicted octanol–water partition coefficient (Wildman–Crippen LogP) is 2.71. The molecule has 1 aliphatic rings. The molecule has 1 heterocycles. The van der Waals surface area contributed by atoms with Gasteiger partial charge in [-0.2, -0.15) is 0 Å². The molecule has 0 amide bonds. The zero-order chi connectivity index (χ0) is 12.6. The number of aliphatic hydroxyl groups is 1. The summed E-state index contributed by atoms with van der Waals surface area (Å²) < 4.78 is 0. The van der Waals surface area contributed by atoms with Crippen molar-refractivity contribution in [3.63, 3.8) is 0 Å². The molecule has 1 atom stereocenters. The summed E-state index contributed by atoms with van der Waals surface area (Å²) in [6.45, 7) is 3.97. The Labute approximate surface area is 111 Å². The molecule has 2 nitrogen and oxygen atoms in total. The number of hydrogen-bond donors (Lipinski definition) is 1. The fourth-order valence-corrected chi connectivity index (χ4v) is 2.75. The van der Waals surface area contributed by atoms with Gasteiger partial charge in [0.1, 0.15) is 0 Å². The van der Waals surface area contributed by atoms with Crippen molar-refractivity contribution in [2.24, 2.45) is 5.92 Å². The highest BCUT2D eigenvalue weighted by Crippen LogP contribution is 2.15. The van der Waals surface area contributed by atoms with Crippen molar-refractivity contribution in [1.82, 2.24) is 4.90 Å². The van der Waals surface area contributed by atoms with Gasteiger partial charge in [-0.3, -0.25) is 0 Å². The van der Waals surface area contributed by atoms with Gasteiger partial charge in [-0.1, -0.05) is 36.8 Å². The number of likely N-dealkylation sites (tertiary alicyclic amines) is 1. The summed E-state index contributed by atoms with van der Waals surface area (Å²) in [6, 6.07) is 10.5. The number of nitrogens with zero attached hydrogens (tertiary/aromatic N) is 1. The van der Waals surface area contributed by atoms with Gasteiger partial charge in [-0.15, -0.1) is 0 Å². The van der Waals surface area contributed by atoms with Crippen molar-refractivity contribution in [2.75, 3.05) is 26.2 Å². The fraction of sp³-hybridized carbons (Fsp3) is 0.625. The van der Waals surface area contributed by atoms with Crippen LogP contribution in [-0.4, -0.2) is 36.2 Å². The molecule has 0 radical (unpaired) electrons. The Balaban J connectivity index is 1.75. The van der Waals surface area contributed by atoms with Crippen LogP contribution in [0.4, 0.5) is 0 Å². The Morgan fingerprint density at radius 2 is 1.78 bits per heavy atom. The van der Waals surface area contributed by atoms with E-state index in [1.807, 2.05) is 6.07 Å². The van der Waals surface area contributed by atoms with E-state index in [1.165, 1.54) is 37.9 Å². The van der Waals surface area contributed by atoms with Crippen LogP contribution >= 0.6 is 0 Å². The largest absolute Gasteiger partial charge is 0.396 e. The molecule has 0 aromatic heterocycles. The smallest absolute Gasteiger partial charge is 0.0462 e. The van der Waals surface area contributed by atoms with Gasteiger partial charge < -0.3 is 10.0 Å². The molecule has 18 heavy (non-hydrogen) atoms. The lowest BCUT2D eigenvalue weighted by molar-refractivity contribution is 0.175. The molecular weight excluding hydrogens is 222 g/mol. The molecule has 1 aromatic rings. The van der Waals surface area contributed by atoms with Crippen molar-refractivity contribution < 1.29 is 5.11 Å². The average Bonchev–Trinajstić information content (AvgIpc) is 2.45. The normalized spacial score (nSPS) is 18.7. The lowest BCUT2D eigenvalue weighted by Gasteiger charge is -2.27. The van der Waals surface area contributed by atoms with Crippen molar-refractivity contribution in [3.05, 3.63) is 35.9 Å². The topological polar surface area (TPSA) is 23.5 Å². The first-order chi connectivity index (χ1) is 8.88. The van der Waals surface area contributed by atoms with E-state index in [4.69, 9.17) is 0 Å². The molecule has 1 unspecified atom stereocenters. The van der Waals surface area contributed by atoms with E-state index in [2.05, 4.69) is 29.2 Å². The second-order valence-corrected chi connectivity index (χ2v) is 5.43. The van der Waals surface area contributed by atoms with Crippen LogP contribution < -0.4 is 0 Å². The second-order valence-electron chi connectivity index (χ2n) is 5.43. The van der Waals surface area contributed by atoms with Crippen molar-refractivity contribution in [1.29, 1.82) is 0 Å². The SMILES string of the molecule is OCC(CCN1CCCCC1)Cc1ccccc1. The molecule has 1 aliphatic heterocycles. The van der Waals surface area contributed by atoms with Crippen LogP contribution in [0.1, 0.15) is 31.2 Å². The van der Waals surface area contributed by atoms with E-state index in [9.17, 15) is 5.11 Å². The monoisotopic (exact) mass is 247 g/mol. The van der Waals surface area contributed by atoms with Crippen LogP contribution in [0.15, 0.2) is 30.3 Å². The zero-order valence-electron chi connectivity index (χ0n) is 11.2. The fourth-order valence-electron chi connectivity index (χ4n) is 2.75. The maximum absolute atomic E-state index is 9.50. The van der Waals surface area contributed by atoms with Gasteiger partial charge in [-0.05, 0) is 56.8 Å². The Morgan fingerprint density at radius 1 is 1.06 bits per heavy atom. The van der Waals surface area contributed by atoms with E-state index in [0.29, 0.717) is 12.5 Å². The quantitative estimate of drug-likeness (QED) is 0.835. The van der Waals surface area contributed by atoms with Crippen LogP contribution in [0.25, 0.3) is 0 Å². The summed E-state index contributed by atoms with van der Waals surface area (Å²) in [6.07, 6.45) is 6.21. The van der Waals surface area contributed by atoms with Gasteiger partial charge in [0.25, 0.3) is 0 Å². The Bertz CT molecular complexity index is 319. The van der Waals surface area contributed by atoms with Crippen molar-refractivity contribution in [2.45, 2.75) is 32.1 Å². The first-order valence-corrected chi connectivity index (χ1v) is 7.25. The van der Waals surface area contributed by atoms with Crippen LogP contribution in [0.3, 0.4) is 0 Å². The van der Waals surface area contributed by atoms with E-state index >= 15 is 0 Å². The highest BCUT2D eigenvalue weighted by Gasteiger charge is 2.13. The summed E-state index contributed by atoms with van der Waals surface area (Å²) in [5.74, 6) is 0.411. The highest BCUT2D eigenvalue weighted by molar-refractivity contribution is 5.15. The average molecular weight is 247 g/mol. The second kappa shape index (κ2) is 7.55. The zero-order valence-corrected chi connectivity index (χ0v) is 11.2. The van der Waals surface area contributed by atoms with Crippen molar-refractivity contribution >= 4 is 0 Å². The minimum Gasteiger partial charge on any atom is -0.396 e. The Morgan fingerprint density at radius 3 is 2.44 bits per heavy atom. The third kappa shape index (κ3) is 4.43. The highest BCUT2D eigenvalue weighted by atomic mass is 16.3. The maximum Gasteiger partial charge on any atom is 0.0462 e. The van der Waals surface area contributed by atoms with Gasteiger partial charge in [0.2, 0.25) is 0 Å². The van der Waals surface area contributed by atoms with E-state index in [0.717, 1.165) is 19.4 Å². The molecular formula is C16H25NO. The summed E-state index contributed by atoms with van der Waals surface area (Å²) in [7, 11) is 0. The van der Waals surface area contributed by atoms with Crippen LogP contribution in [0.2, 0.25) is 0 Å². The van der Waals surface area contributed by atoms with Gasteiger partial charge in [0, 0.05) is 6.61 Å². The molecule has 0 spiro atoms. The van der Waals surface area contributed by atoms with E-state index in [-0.39, 0.29) is 0 Å². The van der Waals surface area contributed by atoms with Gasteiger partial charge >= 0.3 is 0 Å². The lowest BCUT2D eigenvalue weighted by Crippen LogP contribution is -2.32. The predicted molar refractivity (Wildman–Crippen MR) is 75.6 cm³/mol. The number of aliphatic hydroxyl groups excluding tert-OH is 1. The van der Waals surface area contributed by atoms with Gasteiger partial charge in [0.05, 0.1) is 0 Å². The molecule has 0 bridgehead atoms. The molecule has 1 N–H and O–H groups in total. The first kappa shape index (κ1) is 13.6. The Kier molecular flexibility index (Phi) is 5.69. The third-order valence-electron chi connectivity index (χ3n) is 3.93. The summed E-state index contributed by atoms with van der Waals surface area (Å²) in [5.41, 5.74) is 1.34. The standard InChI is InChI=1S/C16H25NO/c18-14-16(13-15-7-3-1-4-8-15)9-12-17-10-5-2-6-11-17/h1,3-4,7-8,16,18H,2,5-6,9-14H2. The minimum absolute atomic E-state index is 0.308. The molecule has 1 saturated heterocycles. The summed E-state index contributed by atoms with van der Waals surface area (Å²) in [4.78, 5) is 2.55. The molecule has 0 saturated carbocycles. The van der Waals surface area contributed by atoms with E-state index < -0.39 is 0 Å². The Hall–Kier alpha value is -0.860. The molecule has 1 fully saturated rings. The molecule has 2 rings (SSSR count). The van der Waals surface area contributed by atoms with Crippen LogP contribution in [0.5, 0.6) is 0 Å². The summed E-state index contributed by atoms with van der Waals surface area (Å²) in [5, 5.41) is 9.50. The van der Waals surface area contributed by atoms with Gasteiger partial charge in [0.15, 0.2) is 0 Å². The number of benzene rings is 1. The third-order valence-corrected chi connectivity index (χ3v) is 3.93. The lowest BCUT2D eigenvalue weighted by atomic mass is 9.96. The maximum atomic E-state index is 9.50. The molecule has 1 aromatic carbocycles. The number of hydrogen-bond acceptors (Lipinski definition) is 2. The van der Waals surface area contributed by atoms with Crippen molar-refractivity contribution in [3.8, 4) is 0 Å². The molecule has 0 aliphatic carbocycles. The molecule has 100 valence electrons. The summed E-state index contributed by atoms with van der Waals surface area (Å²) >= 11 is 0. The first-order valence-electron chi connectivity index (χ1n) is 7.25. The number of rotatable bonds is 6. The van der Waals surface area contributed by atoms with E-state index in [1.54, 1.807) is 0 Å². The van der Waals surface area contributed by atoms with Crippen LogP contribution in [-0.2, 0) is 6.42 Å². The number of piperidine rings is 1.